The van der Waals surface area contributed by atoms with E-state index in [-0.39, 0.29) is 11.7 Å². The molecule has 9 heteroatoms. The van der Waals surface area contributed by atoms with E-state index in [1.54, 1.807) is 14.1 Å². The number of hydrogen-bond donors (Lipinski definition) is 1. The molecule has 29 heavy (non-hydrogen) atoms. The summed E-state index contributed by atoms with van der Waals surface area (Å²) < 4.78 is 0. The fraction of sp³-hybridized carbons (Fsp3) is 0.550. The van der Waals surface area contributed by atoms with E-state index in [0.29, 0.717) is 12.0 Å². The van der Waals surface area contributed by atoms with Crippen LogP contribution in [0.3, 0.4) is 0 Å². The van der Waals surface area contributed by atoms with Crippen LogP contribution in [0.5, 0.6) is 0 Å². The molecule has 0 bridgehead atoms. The molecule has 0 aliphatic carbocycles. The number of carbonyl (C=O) groups is 1. The summed E-state index contributed by atoms with van der Waals surface area (Å²) in [6.07, 6.45) is 4.73. The lowest BCUT2D eigenvalue weighted by Crippen LogP contribution is -2.33. The molecule has 2 aromatic rings. The van der Waals surface area contributed by atoms with Gasteiger partial charge in [-0.1, -0.05) is 0 Å². The third-order valence-electron chi connectivity index (χ3n) is 5.14. The van der Waals surface area contributed by atoms with E-state index in [0.717, 1.165) is 48.7 Å². The van der Waals surface area contributed by atoms with Gasteiger partial charge in [0.05, 0.1) is 0 Å². The maximum atomic E-state index is 12.3. The van der Waals surface area contributed by atoms with Crippen molar-refractivity contribution in [2.45, 2.75) is 32.9 Å². The fourth-order valence-corrected chi connectivity index (χ4v) is 3.27. The average molecular weight is 399 g/mol. The summed E-state index contributed by atoms with van der Waals surface area (Å²) in [5.41, 5.74) is 2.92. The molecule has 1 aliphatic heterocycles. The number of rotatable bonds is 6. The largest absolute Gasteiger partial charge is 0.355 e. The van der Waals surface area contributed by atoms with Gasteiger partial charge in [-0.25, -0.2) is 19.9 Å². The van der Waals surface area contributed by atoms with Crippen LogP contribution in [0, 0.1) is 13.8 Å². The highest BCUT2D eigenvalue weighted by atomic mass is 16.2. The molecule has 0 radical (unpaired) electrons. The smallest absolute Gasteiger partial charge is 0.291 e. The van der Waals surface area contributed by atoms with Gasteiger partial charge in [-0.05, 0) is 20.3 Å². The first kappa shape index (κ1) is 20.9. The monoisotopic (exact) mass is 398 g/mol. The van der Waals surface area contributed by atoms with Crippen molar-refractivity contribution in [1.29, 1.82) is 0 Å². The molecule has 9 nitrogen and oxygen atoms in total. The van der Waals surface area contributed by atoms with Crippen LogP contribution in [-0.4, -0.2) is 78.1 Å². The van der Waals surface area contributed by atoms with E-state index in [9.17, 15) is 4.79 Å². The zero-order valence-electron chi connectivity index (χ0n) is 18.1. The molecule has 2 aromatic heterocycles. The van der Waals surface area contributed by atoms with Crippen LogP contribution in [-0.2, 0) is 6.54 Å². The van der Waals surface area contributed by atoms with Crippen LogP contribution in [0.15, 0.2) is 12.4 Å². The number of amides is 1. The van der Waals surface area contributed by atoms with Gasteiger partial charge >= 0.3 is 0 Å². The Morgan fingerprint density at radius 1 is 1.17 bits per heavy atom. The second-order valence-corrected chi connectivity index (χ2v) is 7.88. The Kier molecular flexibility index (Phi) is 6.26. The Labute approximate surface area is 172 Å². The summed E-state index contributed by atoms with van der Waals surface area (Å²) in [5, 5.41) is 3.58. The summed E-state index contributed by atoms with van der Waals surface area (Å²) >= 11 is 0. The molecule has 3 heterocycles. The normalized spacial score (nSPS) is 16.2. The number of carbonyl (C=O) groups excluding carboxylic acids is 1. The van der Waals surface area contributed by atoms with Gasteiger partial charge in [-0.15, -0.1) is 0 Å². The molecule has 156 valence electrons. The predicted octanol–water partition coefficient (Wildman–Crippen LogP) is 1.02. The van der Waals surface area contributed by atoms with Crippen molar-refractivity contribution in [3.63, 3.8) is 0 Å². The van der Waals surface area contributed by atoms with Crippen molar-refractivity contribution in [3.8, 4) is 0 Å². The first-order valence-corrected chi connectivity index (χ1v) is 9.79. The number of nitrogens with zero attached hydrogens (tertiary/aromatic N) is 7. The number of aromatic nitrogens is 4. The lowest BCUT2D eigenvalue weighted by atomic mass is 10.2. The van der Waals surface area contributed by atoms with Crippen LogP contribution in [0.25, 0.3) is 0 Å². The standard InChI is InChI=1S/C20H30N8O/c1-13-14(2)24-17(19(29)26(3)4)25-18(13)28-8-7-16(12-28)21-9-15-10-22-20(23-11-15)27(5)6/h10-11,16,21H,7-9,12H2,1-6H3/t16-/m1/s1. The van der Waals surface area contributed by atoms with Gasteiger partial charge in [0.2, 0.25) is 11.8 Å². The minimum Gasteiger partial charge on any atom is -0.355 e. The van der Waals surface area contributed by atoms with Crippen molar-refractivity contribution in [2.24, 2.45) is 0 Å². The third kappa shape index (κ3) is 4.79. The summed E-state index contributed by atoms with van der Waals surface area (Å²) in [5.74, 6) is 1.64. The minimum absolute atomic E-state index is 0.176. The molecule has 3 rings (SSSR count). The van der Waals surface area contributed by atoms with E-state index in [2.05, 4.69) is 30.2 Å². The average Bonchev–Trinajstić information content (AvgIpc) is 3.16. The number of anilines is 2. The Bertz CT molecular complexity index is 866. The Morgan fingerprint density at radius 2 is 1.86 bits per heavy atom. The van der Waals surface area contributed by atoms with Crippen LogP contribution >= 0.6 is 0 Å². The minimum atomic E-state index is -0.176. The van der Waals surface area contributed by atoms with Crippen molar-refractivity contribution in [1.82, 2.24) is 30.2 Å². The summed E-state index contributed by atoms with van der Waals surface area (Å²) in [4.78, 5) is 35.6. The lowest BCUT2D eigenvalue weighted by molar-refractivity contribution is 0.0815. The fourth-order valence-electron chi connectivity index (χ4n) is 3.27. The molecule has 1 N–H and O–H groups in total. The molecule has 1 saturated heterocycles. The number of nitrogens with one attached hydrogen (secondary N) is 1. The zero-order valence-corrected chi connectivity index (χ0v) is 18.1. The molecular weight excluding hydrogens is 368 g/mol. The van der Waals surface area contributed by atoms with E-state index in [1.807, 2.05) is 45.2 Å². The van der Waals surface area contributed by atoms with Crippen molar-refractivity contribution in [3.05, 3.63) is 35.0 Å². The highest BCUT2D eigenvalue weighted by molar-refractivity contribution is 5.90. The Hall–Kier alpha value is -2.81. The molecule has 0 aromatic carbocycles. The highest BCUT2D eigenvalue weighted by Gasteiger charge is 2.26. The van der Waals surface area contributed by atoms with Gasteiger partial charge in [-0.2, -0.15) is 0 Å². The molecule has 1 aliphatic rings. The van der Waals surface area contributed by atoms with Crippen LogP contribution in [0.2, 0.25) is 0 Å². The van der Waals surface area contributed by atoms with E-state index >= 15 is 0 Å². The first-order chi connectivity index (χ1) is 13.8. The van der Waals surface area contributed by atoms with Crippen LogP contribution in [0.1, 0.15) is 33.9 Å². The topological polar surface area (TPSA) is 90.4 Å². The quantitative estimate of drug-likeness (QED) is 0.771. The maximum Gasteiger partial charge on any atom is 0.291 e. The first-order valence-electron chi connectivity index (χ1n) is 9.79. The second-order valence-electron chi connectivity index (χ2n) is 7.88. The predicted molar refractivity (Wildman–Crippen MR) is 113 cm³/mol. The van der Waals surface area contributed by atoms with Crippen LogP contribution in [0.4, 0.5) is 11.8 Å². The van der Waals surface area contributed by atoms with E-state index < -0.39 is 0 Å². The van der Waals surface area contributed by atoms with Crippen LogP contribution < -0.4 is 15.1 Å². The van der Waals surface area contributed by atoms with E-state index in [1.165, 1.54) is 4.90 Å². The number of aryl methyl sites for hydroxylation is 1. The van der Waals surface area contributed by atoms with Crippen molar-refractivity contribution < 1.29 is 4.79 Å². The summed E-state index contributed by atoms with van der Waals surface area (Å²) in [7, 11) is 7.28. The molecule has 1 amide bonds. The van der Waals surface area contributed by atoms with Gasteiger partial charge < -0.3 is 20.0 Å². The molecule has 1 atom stereocenters. The summed E-state index contributed by atoms with van der Waals surface area (Å²) in [6, 6.07) is 0.339. The zero-order chi connectivity index (χ0) is 21.1. The molecule has 0 unspecified atom stereocenters. The van der Waals surface area contributed by atoms with Gasteiger partial charge in [0.1, 0.15) is 5.82 Å². The molecule has 0 saturated carbocycles. The maximum absolute atomic E-state index is 12.3. The van der Waals surface area contributed by atoms with Gasteiger partial charge in [0, 0.05) is 83.1 Å². The summed E-state index contributed by atoms with van der Waals surface area (Å²) in [6.45, 7) is 6.39. The molecule has 0 spiro atoms. The SMILES string of the molecule is Cc1nc(C(=O)N(C)C)nc(N2CC[C@@H](NCc3cnc(N(C)C)nc3)C2)c1C. The van der Waals surface area contributed by atoms with Crippen molar-refractivity contribution >= 4 is 17.7 Å². The number of hydrogen-bond acceptors (Lipinski definition) is 8. The van der Waals surface area contributed by atoms with Crippen molar-refractivity contribution in [2.75, 3.05) is 51.1 Å². The molecule has 1 fully saturated rings. The lowest BCUT2D eigenvalue weighted by Gasteiger charge is -2.22. The molecular formula is C20H30N8O. The van der Waals surface area contributed by atoms with Gasteiger partial charge in [-0.3, -0.25) is 4.79 Å². The third-order valence-corrected chi connectivity index (χ3v) is 5.14. The Morgan fingerprint density at radius 3 is 2.48 bits per heavy atom. The van der Waals surface area contributed by atoms with E-state index in [4.69, 9.17) is 0 Å². The van der Waals surface area contributed by atoms with Gasteiger partial charge in [0.15, 0.2) is 0 Å². The second kappa shape index (κ2) is 8.69. The van der Waals surface area contributed by atoms with Gasteiger partial charge in [0.25, 0.3) is 5.91 Å². The highest BCUT2D eigenvalue weighted by Crippen LogP contribution is 2.24. The Balaban J connectivity index is 1.65.